The van der Waals surface area contributed by atoms with Crippen LogP contribution in [0.1, 0.15) is 0 Å². The van der Waals surface area contributed by atoms with E-state index in [1.54, 1.807) is 11.3 Å². The van der Waals surface area contributed by atoms with E-state index in [2.05, 4.69) is 31.6 Å². The molecule has 3 rings (SSSR count). The fourth-order valence-electron chi connectivity index (χ4n) is 2.05. The molecule has 1 N–H and O–H groups in total. The zero-order valence-corrected chi connectivity index (χ0v) is 11.6. The van der Waals surface area contributed by atoms with Crippen molar-refractivity contribution in [2.24, 2.45) is 0 Å². The molecule has 1 aliphatic rings. The molecule has 0 amide bonds. The van der Waals surface area contributed by atoms with Crippen molar-refractivity contribution >= 4 is 23.0 Å². The molecule has 1 fully saturated rings. The molecule has 2 aromatic heterocycles. The first-order chi connectivity index (χ1) is 9.36. The van der Waals surface area contributed by atoms with Gasteiger partial charge in [-0.1, -0.05) is 0 Å². The molecular weight excluding hydrogens is 260 g/mol. The molecule has 0 radical (unpaired) electrons. The predicted molar refractivity (Wildman–Crippen MR) is 77.9 cm³/mol. The molecule has 6 heteroatoms. The van der Waals surface area contributed by atoms with E-state index in [1.165, 1.54) is 10.6 Å². The highest BCUT2D eigenvalue weighted by atomic mass is 32.1. The van der Waals surface area contributed by atoms with Gasteiger partial charge in [-0.05, 0) is 6.07 Å². The van der Waals surface area contributed by atoms with Crippen LogP contribution in [0.25, 0.3) is 10.4 Å². The summed E-state index contributed by atoms with van der Waals surface area (Å²) in [6, 6.07) is 2.20. The van der Waals surface area contributed by atoms with Crippen molar-refractivity contribution in [3.8, 4) is 10.4 Å². The van der Waals surface area contributed by atoms with Crippen LogP contribution in [-0.2, 0) is 4.74 Å². The molecule has 19 heavy (non-hydrogen) atoms. The van der Waals surface area contributed by atoms with Crippen molar-refractivity contribution in [3.05, 3.63) is 23.8 Å². The lowest BCUT2D eigenvalue weighted by Gasteiger charge is -2.27. The number of ether oxygens (including phenoxy) is 1. The van der Waals surface area contributed by atoms with Crippen LogP contribution in [0.5, 0.6) is 0 Å². The molecule has 0 bridgehead atoms. The molecule has 0 aliphatic carbocycles. The maximum Gasteiger partial charge on any atom is 0.222 e. The number of nitrogens with zero attached hydrogens (tertiary/aromatic N) is 3. The van der Waals surface area contributed by atoms with Gasteiger partial charge in [-0.15, -0.1) is 11.3 Å². The third-order valence-electron chi connectivity index (χ3n) is 3.12. The third-order valence-corrected chi connectivity index (χ3v) is 4.09. The van der Waals surface area contributed by atoms with Gasteiger partial charge < -0.3 is 15.0 Å². The highest BCUT2D eigenvalue weighted by molar-refractivity contribution is 7.14. The summed E-state index contributed by atoms with van der Waals surface area (Å²) in [7, 11) is 1.82. The van der Waals surface area contributed by atoms with E-state index < -0.39 is 0 Å². The molecule has 1 aliphatic heterocycles. The molecular formula is C13H16N4OS. The Morgan fingerprint density at radius 1 is 1.26 bits per heavy atom. The van der Waals surface area contributed by atoms with Crippen LogP contribution < -0.4 is 10.2 Å². The lowest BCUT2D eigenvalue weighted by atomic mass is 10.2. The number of hydrogen-bond donors (Lipinski definition) is 1. The van der Waals surface area contributed by atoms with Gasteiger partial charge >= 0.3 is 0 Å². The Labute approximate surface area is 116 Å². The quantitative estimate of drug-likeness (QED) is 0.930. The van der Waals surface area contributed by atoms with Crippen molar-refractivity contribution in [3.63, 3.8) is 0 Å². The van der Waals surface area contributed by atoms with Crippen LogP contribution in [0.2, 0.25) is 0 Å². The summed E-state index contributed by atoms with van der Waals surface area (Å²) < 4.78 is 5.37. The maximum absolute atomic E-state index is 5.37. The summed E-state index contributed by atoms with van der Waals surface area (Å²) in [6.45, 7) is 3.55. The Balaban J connectivity index is 1.79. The second-order valence-corrected chi connectivity index (χ2v) is 5.23. The van der Waals surface area contributed by atoms with E-state index in [4.69, 9.17) is 4.74 Å². The summed E-state index contributed by atoms with van der Waals surface area (Å²) in [4.78, 5) is 12.0. The Morgan fingerprint density at radius 2 is 2.00 bits per heavy atom. The Bertz CT molecular complexity index is 534. The first-order valence-electron chi connectivity index (χ1n) is 6.28. The average Bonchev–Trinajstić information content (AvgIpc) is 2.98. The molecule has 0 atom stereocenters. The molecule has 1 saturated heterocycles. The molecule has 0 spiro atoms. The number of aromatic nitrogens is 2. The van der Waals surface area contributed by atoms with Crippen LogP contribution in [0.3, 0.4) is 0 Å². The highest BCUT2D eigenvalue weighted by Crippen LogP contribution is 2.31. The average molecular weight is 276 g/mol. The second-order valence-electron chi connectivity index (χ2n) is 4.31. The zero-order valence-electron chi connectivity index (χ0n) is 10.8. The minimum atomic E-state index is 0.647. The van der Waals surface area contributed by atoms with Crippen LogP contribution >= 0.6 is 11.3 Å². The molecule has 2 aromatic rings. The summed E-state index contributed by atoms with van der Waals surface area (Å²) >= 11 is 1.73. The number of rotatable bonds is 3. The predicted octanol–water partition coefficient (Wildman–Crippen LogP) is 2.08. The third kappa shape index (κ3) is 2.69. The minimum Gasteiger partial charge on any atom is -0.378 e. The van der Waals surface area contributed by atoms with Crippen LogP contribution in [0, 0.1) is 0 Å². The van der Waals surface area contributed by atoms with Gasteiger partial charge in [0.1, 0.15) is 0 Å². The SMILES string of the molecule is CNc1ncc(-c2cc(N3CCOCC3)cs2)cn1. The summed E-state index contributed by atoms with van der Waals surface area (Å²) in [5, 5.41) is 5.11. The zero-order chi connectivity index (χ0) is 13.1. The molecule has 5 nitrogen and oxygen atoms in total. The smallest absolute Gasteiger partial charge is 0.222 e. The normalized spacial score (nSPS) is 15.5. The van der Waals surface area contributed by atoms with Crippen molar-refractivity contribution < 1.29 is 4.74 Å². The topological polar surface area (TPSA) is 50.3 Å². The summed E-state index contributed by atoms with van der Waals surface area (Å²) in [5.74, 6) is 0.647. The van der Waals surface area contributed by atoms with Gasteiger partial charge in [0, 0.05) is 54.0 Å². The van der Waals surface area contributed by atoms with Gasteiger partial charge in [-0.25, -0.2) is 9.97 Å². The molecule has 100 valence electrons. The van der Waals surface area contributed by atoms with E-state index >= 15 is 0 Å². The standard InChI is InChI=1S/C13H16N4OS/c1-14-13-15-7-10(8-16-13)12-6-11(9-19-12)17-2-4-18-5-3-17/h6-9H,2-5H2,1H3,(H,14,15,16). The van der Waals surface area contributed by atoms with Gasteiger partial charge in [-0.2, -0.15) is 0 Å². The Kier molecular flexibility index (Phi) is 3.61. The van der Waals surface area contributed by atoms with Gasteiger partial charge in [-0.3, -0.25) is 0 Å². The summed E-state index contributed by atoms with van der Waals surface area (Å²) in [6.07, 6.45) is 3.71. The van der Waals surface area contributed by atoms with Crippen molar-refractivity contribution in [1.82, 2.24) is 9.97 Å². The Morgan fingerprint density at radius 3 is 2.68 bits per heavy atom. The number of morpholine rings is 1. The van der Waals surface area contributed by atoms with Crippen molar-refractivity contribution in [2.45, 2.75) is 0 Å². The van der Waals surface area contributed by atoms with Crippen LogP contribution in [0.4, 0.5) is 11.6 Å². The van der Waals surface area contributed by atoms with Crippen LogP contribution in [-0.4, -0.2) is 43.3 Å². The minimum absolute atomic E-state index is 0.647. The van der Waals surface area contributed by atoms with Crippen molar-refractivity contribution in [2.75, 3.05) is 43.6 Å². The maximum atomic E-state index is 5.37. The van der Waals surface area contributed by atoms with E-state index in [-0.39, 0.29) is 0 Å². The lowest BCUT2D eigenvalue weighted by Crippen LogP contribution is -2.35. The van der Waals surface area contributed by atoms with E-state index in [9.17, 15) is 0 Å². The van der Waals surface area contributed by atoms with Gasteiger partial charge in [0.05, 0.1) is 13.2 Å². The van der Waals surface area contributed by atoms with E-state index in [1.807, 2.05) is 19.4 Å². The fraction of sp³-hybridized carbons (Fsp3) is 0.385. The van der Waals surface area contributed by atoms with E-state index in [0.29, 0.717) is 5.95 Å². The second kappa shape index (κ2) is 5.54. The first kappa shape index (κ1) is 12.4. The monoisotopic (exact) mass is 276 g/mol. The highest BCUT2D eigenvalue weighted by Gasteiger charge is 2.13. The fourth-order valence-corrected chi connectivity index (χ4v) is 2.94. The molecule has 0 aromatic carbocycles. The van der Waals surface area contributed by atoms with Gasteiger partial charge in [0.2, 0.25) is 5.95 Å². The molecule has 0 saturated carbocycles. The summed E-state index contributed by atoms with van der Waals surface area (Å²) in [5.41, 5.74) is 2.32. The lowest BCUT2D eigenvalue weighted by molar-refractivity contribution is 0.123. The van der Waals surface area contributed by atoms with E-state index in [0.717, 1.165) is 31.9 Å². The van der Waals surface area contributed by atoms with Crippen molar-refractivity contribution in [1.29, 1.82) is 0 Å². The van der Waals surface area contributed by atoms with Crippen LogP contribution in [0.15, 0.2) is 23.8 Å². The van der Waals surface area contributed by atoms with Gasteiger partial charge in [0.25, 0.3) is 0 Å². The van der Waals surface area contributed by atoms with Gasteiger partial charge in [0.15, 0.2) is 0 Å². The number of anilines is 2. The largest absolute Gasteiger partial charge is 0.378 e. The Hall–Kier alpha value is -1.66. The first-order valence-corrected chi connectivity index (χ1v) is 7.16. The number of nitrogens with one attached hydrogen (secondary N) is 1. The molecule has 0 unspecified atom stereocenters. The number of hydrogen-bond acceptors (Lipinski definition) is 6. The number of thiophene rings is 1. The molecule has 3 heterocycles.